The molecule has 0 aliphatic carbocycles. The van der Waals surface area contributed by atoms with E-state index >= 15 is 0 Å². The average Bonchev–Trinajstić information content (AvgIpc) is 3.12. The van der Waals surface area contributed by atoms with E-state index < -0.39 is 10.1 Å². The van der Waals surface area contributed by atoms with E-state index in [0.29, 0.717) is 0 Å². The Labute approximate surface area is 369 Å². The Hall–Kier alpha value is 0.766. The predicted molar refractivity (Wildman–Crippen MR) is 224 cm³/mol. The molecular weight excluding hydrogens is 684 g/mol. The zero-order valence-corrected chi connectivity index (χ0v) is 39.2. The molecule has 0 heterocycles. The minimum Gasteiger partial charge on any atom is -0.744 e. The van der Waals surface area contributed by atoms with Crippen molar-refractivity contribution in [1.82, 2.24) is 0 Å². The fourth-order valence-electron chi connectivity index (χ4n) is 7.80. The molecule has 0 spiro atoms. The van der Waals surface area contributed by atoms with Crippen molar-refractivity contribution in [2.45, 2.75) is 269 Å². The second-order valence-electron chi connectivity index (χ2n) is 16.3. The summed E-state index contributed by atoms with van der Waals surface area (Å²) in [5.74, 6) is 0. The summed E-state index contributed by atoms with van der Waals surface area (Å²) in [5.41, 5.74) is 0.952. The van der Waals surface area contributed by atoms with E-state index in [0.717, 1.165) is 18.4 Å². The summed E-state index contributed by atoms with van der Waals surface area (Å²) in [4.78, 5) is -0.105. The molecule has 0 amide bonds. The maximum atomic E-state index is 11.2. The number of benzene rings is 1. The van der Waals surface area contributed by atoms with Crippen LogP contribution in [-0.4, -0.2) is 13.0 Å². The van der Waals surface area contributed by atoms with E-state index in [-0.39, 0.29) is 56.3 Å². The van der Waals surface area contributed by atoms with Gasteiger partial charge in [0.05, 0.1) is 4.90 Å². The molecule has 52 heavy (non-hydrogen) atoms. The number of unbranched alkanes of at least 4 members (excludes halogenated alkanes) is 38. The maximum absolute atomic E-state index is 11.2. The number of aryl methyl sites for hydroxylation is 1. The Morgan fingerprint density at radius 1 is 0.385 bits per heavy atom. The molecule has 0 unspecified atom stereocenters. The molecule has 0 fully saturated rings. The van der Waals surface area contributed by atoms with Crippen LogP contribution in [0.25, 0.3) is 0 Å². The average molecular weight is 771 g/mol. The van der Waals surface area contributed by atoms with E-state index in [9.17, 15) is 13.0 Å². The smallest absolute Gasteiger partial charge is 0.744 e. The van der Waals surface area contributed by atoms with Crippen LogP contribution in [0.3, 0.4) is 0 Å². The van der Waals surface area contributed by atoms with Crippen molar-refractivity contribution in [3.63, 3.8) is 0 Å². The van der Waals surface area contributed by atoms with E-state index in [2.05, 4.69) is 6.92 Å². The summed E-state index contributed by atoms with van der Waals surface area (Å²) >= 11 is 0. The molecule has 3 nitrogen and oxygen atoms in total. The zero-order valence-electron chi connectivity index (χ0n) is 35.2. The molecule has 1 rings (SSSR count). The third-order valence-corrected chi connectivity index (χ3v) is 12.1. The summed E-state index contributed by atoms with van der Waals surface area (Å²) in [6.07, 6.45) is 56.4. The minimum absolute atomic E-state index is 0. The minimum atomic E-state index is -4.35. The first kappa shape index (κ1) is 52.8. The second kappa shape index (κ2) is 41.4. The first-order chi connectivity index (χ1) is 25.0. The van der Waals surface area contributed by atoms with Crippen LogP contribution < -0.4 is 51.4 Å². The summed E-state index contributed by atoms with van der Waals surface area (Å²) in [6, 6.07) is 6.51. The topological polar surface area (TPSA) is 57.2 Å². The van der Waals surface area contributed by atoms with E-state index in [1.165, 1.54) is 256 Å². The van der Waals surface area contributed by atoms with Gasteiger partial charge >= 0.3 is 51.4 Å². The number of rotatable bonds is 41. The predicted octanol–water partition coefficient (Wildman–Crippen LogP) is 13.4. The summed E-state index contributed by atoms with van der Waals surface area (Å²) in [6.45, 7) is 2.30. The van der Waals surface area contributed by atoms with Crippen LogP contribution in [0.15, 0.2) is 29.2 Å². The Bertz CT molecular complexity index is 950. The molecule has 0 bridgehead atoms. The molecule has 0 aliphatic rings. The van der Waals surface area contributed by atoms with Gasteiger partial charge in [0.15, 0.2) is 0 Å². The van der Waals surface area contributed by atoms with Gasteiger partial charge in [0.2, 0.25) is 0 Å². The van der Waals surface area contributed by atoms with Crippen molar-refractivity contribution < 1.29 is 64.4 Å². The molecule has 5 heteroatoms. The quantitative estimate of drug-likeness (QED) is 0.0378. The molecule has 300 valence electrons. The van der Waals surface area contributed by atoms with Gasteiger partial charge in [-0.05, 0) is 30.5 Å². The summed E-state index contributed by atoms with van der Waals surface area (Å²) < 4.78 is 33.5. The molecule has 0 radical (unpaired) electrons. The van der Waals surface area contributed by atoms with Crippen molar-refractivity contribution in [2.75, 3.05) is 0 Å². The third-order valence-electron chi connectivity index (χ3n) is 11.3. The normalized spacial score (nSPS) is 11.7. The van der Waals surface area contributed by atoms with Gasteiger partial charge in [0.1, 0.15) is 10.1 Å². The van der Waals surface area contributed by atoms with Crippen LogP contribution in [0.4, 0.5) is 0 Å². The molecule has 0 N–H and O–H groups in total. The SMILES string of the molecule is CCCCCCCCCCCCCCCCCCCCCCCCCCCCCCCCCCCCCCCCCc1cccc(S(=O)(=O)[O-])c1.[K+]. The molecule has 0 saturated heterocycles. The standard InChI is InChI=1S/C47H88O3S.K/c1-2-3-4-5-6-7-8-9-10-11-12-13-14-15-16-17-18-19-20-21-22-23-24-25-26-27-28-29-30-31-32-33-34-35-36-37-38-39-40-42-46-43-41-44-47(45-46)51(48,49)50;/h41,43-45H,2-40,42H2,1H3,(H,48,49,50);/q;+1/p-1. The van der Waals surface area contributed by atoms with Crippen molar-refractivity contribution in [1.29, 1.82) is 0 Å². The van der Waals surface area contributed by atoms with E-state index in [1.807, 2.05) is 6.07 Å². The Balaban J connectivity index is 0.0000260. The van der Waals surface area contributed by atoms with Crippen LogP contribution in [0.2, 0.25) is 0 Å². The van der Waals surface area contributed by atoms with Crippen molar-refractivity contribution in [3.05, 3.63) is 29.8 Å². The zero-order chi connectivity index (χ0) is 36.8. The van der Waals surface area contributed by atoms with Crippen molar-refractivity contribution in [2.24, 2.45) is 0 Å². The first-order valence-corrected chi connectivity index (χ1v) is 24.5. The first-order valence-electron chi connectivity index (χ1n) is 23.1. The van der Waals surface area contributed by atoms with Crippen LogP contribution in [0, 0.1) is 0 Å². The Morgan fingerprint density at radius 2 is 0.615 bits per heavy atom. The van der Waals surface area contributed by atoms with Gasteiger partial charge in [-0.3, -0.25) is 0 Å². The van der Waals surface area contributed by atoms with Crippen LogP contribution in [-0.2, 0) is 16.5 Å². The fraction of sp³-hybridized carbons (Fsp3) is 0.872. The third kappa shape index (κ3) is 37.7. The molecule has 1 aromatic carbocycles. The monoisotopic (exact) mass is 771 g/mol. The largest absolute Gasteiger partial charge is 1.00 e. The second-order valence-corrected chi connectivity index (χ2v) is 17.7. The van der Waals surface area contributed by atoms with Crippen LogP contribution in [0.1, 0.15) is 263 Å². The molecular formula is C47H87KO3S. The Kier molecular flexibility index (Phi) is 42.0. The number of hydrogen-bond acceptors (Lipinski definition) is 3. The van der Waals surface area contributed by atoms with Crippen molar-refractivity contribution >= 4 is 10.1 Å². The fourth-order valence-corrected chi connectivity index (χ4v) is 8.34. The summed E-state index contributed by atoms with van der Waals surface area (Å²) in [5, 5.41) is 0. The molecule has 0 atom stereocenters. The van der Waals surface area contributed by atoms with Gasteiger partial charge in [-0.25, -0.2) is 8.42 Å². The van der Waals surface area contributed by atoms with Crippen LogP contribution in [0.5, 0.6) is 0 Å². The van der Waals surface area contributed by atoms with Gasteiger partial charge in [-0.2, -0.15) is 0 Å². The Morgan fingerprint density at radius 3 is 0.846 bits per heavy atom. The maximum Gasteiger partial charge on any atom is 1.00 e. The molecule has 0 aromatic heterocycles. The summed E-state index contributed by atoms with van der Waals surface area (Å²) in [7, 11) is -4.35. The van der Waals surface area contributed by atoms with Gasteiger partial charge in [-0.1, -0.05) is 263 Å². The van der Waals surface area contributed by atoms with E-state index in [4.69, 9.17) is 0 Å². The van der Waals surface area contributed by atoms with Gasteiger partial charge in [-0.15, -0.1) is 0 Å². The number of hydrogen-bond donors (Lipinski definition) is 0. The molecule has 0 aliphatic heterocycles. The molecule has 1 aromatic rings. The van der Waals surface area contributed by atoms with Gasteiger partial charge in [0, 0.05) is 0 Å². The van der Waals surface area contributed by atoms with Gasteiger partial charge in [0.25, 0.3) is 0 Å². The molecule has 0 saturated carbocycles. The van der Waals surface area contributed by atoms with Crippen molar-refractivity contribution in [3.8, 4) is 0 Å². The van der Waals surface area contributed by atoms with Crippen LogP contribution >= 0.6 is 0 Å². The van der Waals surface area contributed by atoms with Gasteiger partial charge < -0.3 is 4.55 Å². The van der Waals surface area contributed by atoms with E-state index in [1.54, 1.807) is 6.07 Å².